The predicted molar refractivity (Wildman–Crippen MR) is 112 cm³/mol. The fourth-order valence-electron chi connectivity index (χ4n) is 3.59. The molecule has 1 fully saturated rings. The zero-order valence-electron chi connectivity index (χ0n) is 17.7. The number of benzene rings is 2. The Labute approximate surface area is 180 Å². The van der Waals surface area contributed by atoms with Crippen LogP contribution in [0.15, 0.2) is 48.5 Å². The van der Waals surface area contributed by atoms with Gasteiger partial charge < -0.3 is 19.3 Å². The van der Waals surface area contributed by atoms with Crippen molar-refractivity contribution in [1.82, 2.24) is 9.80 Å². The Kier molecular flexibility index (Phi) is 6.69. The molecule has 2 amide bonds. The van der Waals surface area contributed by atoms with Gasteiger partial charge in [0.05, 0.1) is 25.3 Å². The van der Waals surface area contributed by atoms with E-state index >= 15 is 0 Å². The molecule has 0 aliphatic carbocycles. The van der Waals surface area contributed by atoms with Gasteiger partial charge in [0.1, 0.15) is 0 Å². The van der Waals surface area contributed by atoms with Gasteiger partial charge >= 0.3 is 11.9 Å². The van der Waals surface area contributed by atoms with Gasteiger partial charge in [-0.2, -0.15) is 0 Å². The standard InChI is InChI=1S/C23H24N2O6/c1-15-14-24(20(26)16-6-4-8-18(12-16)22(28)30-2)10-11-25(15)21(27)17-7-5-9-19(13-17)23(29)31-3/h4-9,12-13,15H,10-11,14H2,1-3H3. The molecule has 0 N–H and O–H groups in total. The van der Waals surface area contributed by atoms with Gasteiger partial charge in [-0.1, -0.05) is 12.1 Å². The molecule has 1 atom stereocenters. The summed E-state index contributed by atoms with van der Waals surface area (Å²) in [7, 11) is 2.58. The highest BCUT2D eigenvalue weighted by molar-refractivity contribution is 5.99. The van der Waals surface area contributed by atoms with Crippen molar-refractivity contribution in [1.29, 1.82) is 0 Å². The molecule has 1 unspecified atom stereocenters. The number of hydrogen-bond donors (Lipinski definition) is 0. The van der Waals surface area contributed by atoms with Crippen LogP contribution in [-0.2, 0) is 9.47 Å². The molecule has 0 aromatic heterocycles. The molecule has 8 nitrogen and oxygen atoms in total. The van der Waals surface area contributed by atoms with Crippen LogP contribution >= 0.6 is 0 Å². The number of piperazine rings is 1. The molecule has 162 valence electrons. The molecule has 0 radical (unpaired) electrons. The topological polar surface area (TPSA) is 93.2 Å². The lowest BCUT2D eigenvalue weighted by Crippen LogP contribution is -2.55. The minimum Gasteiger partial charge on any atom is -0.465 e. The largest absolute Gasteiger partial charge is 0.465 e. The summed E-state index contributed by atoms with van der Waals surface area (Å²) in [6.07, 6.45) is 0. The molecule has 2 aromatic rings. The van der Waals surface area contributed by atoms with E-state index in [1.165, 1.54) is 26.4 Å². The lowest BCUT2D eigenvalue weighted by Gasteiger charge is -2.40. The lowest BCUT2D eigenvalue weighted by molar-refractivity contribution is 0.0414. The molecule has 8 heteroatoms. The Bertz CT molecular complexity index is 1020. The number of ether oxygens (including phenoxy) is 2. The Morgan fingerprint density at radius 3 is 1.74 bits per heavy atom. The molecular weight excluding hydrogens is 400 g/mol. The SMILES string of the molecule is COC(=O)c1cccc(C(=O)N2CCN(C(=O)c3cccc(C(=O)OC)c3)C(C)C2)c1. The minimum absolute atomic E-state index is 0.210. The quantitative estimate of drug-likeness (QED) is 0.699. The summed E-state index contributed by atoms with van der Waals surface area (Å²) in [6.45, 7) is 2.93. The Morgan fingerprint density at radius 2 is 1.26 bits per heavy atom. The second-order valence-corrected chi connectivity index (χ2v) is 7.24. The van der Waals surface area contributed by atoms with E-state index in [4.69, 9.17) is 9.47 Å². The maximum Gasteiger partial charge on any atom is 0.337 e. The van der Waals surface area contributed by atoms with Crippen LogP contribution in [0.5, 0.6) is 0 Å². The minimum atomic E-state index is -0.507. The molecule has 0 saturated carbocycles. The van der Waals surface area contributed by atoms with E-state index in [1.807, 2.05) is 6.92 Å². The van der Waals surface area contributed by atoms with E-state index in [2.05, 4.69) is 0 Å². The van der Waals surface area contributed by atoms with E-state index in [0.29, 0.717) is 41.9 Å². The summed E-state index contributed by atoms with van der Waals surface area (Å²) in [5, 5.41) is 0. The van der Waals surface area contributed by atoms with Crippen molar-refractivity contribution in [2.75, 3.05) is 33.9 Å². The second kappa shape index (κ2) is 9.42. The van der Waals surface area contributed by atoms with Crippen molar-refractivity contribution in [2.24, 2.45) is 0 Å². The van der Waals surface area contributed by atoms with Crippen molar-refractivity contribution >= 4 is 23.8 Å². The van der Waals surface area contributed by atoms with Gasteiger partial charge in [0.2, 0.25) is 0 Å². The molecule has 3 rings (SSSR count). The summed E-state index contributed by atoms with van der Waals surface area (Å²) in [5.41, 5.74) is 1.39. The van der Waals surface area contributed by atoms with Crippen LogP contribution in [0.4, 0.5) is 0 Å². The number of carbonyl (C=O) groups excluding carboxylic acids is 4. The first-order valence-electron chi connectivity index (χ1n) is 9.82. The lowest BCUT2D eigenvalue weighted by atomic mass is 10.1. The summed E-state index contributed by atoms with van der Waals surface area (Å²) in [4.78, 5) is 52.7. The van der Waals surface area contributed by atoms with Crippen molar-refractivity contribution < 1.29 is 28.7 Å². The number of carbonyl (C=O) groups is 4. The molecular formula is C23H24N2O6. The zero-order chi connectivity index (χ0) is 22.5. The number of esters is 2. The first kappa shape index (κ1) is 22.0. The van der Waals surface area contributed by atoms with Gasteiger partial charge in [0.15, 0.2) is 0 Å². The summed E-state index contributed by atoms with van der Waals surface area (Å²) in [6, 6.07) is 12.5. The molecule has 1 aliphatic rings. The molecule has 1 aliphatic heterocycles. The van der Waals surface area contributed by atoms with Crippen LogP contribution in [0.25, 0.3) is 0 Å². The number of amides is 2. The van der Waals surface area contributed by atoms with E-state index in [-0.39, 0.29) is 17.9 Å². The van der Waals surface area contributed by atoms with Gasteiger partial charge in [-0.15, -0.1) is 0 Å². The molecule has 1 saturated heterocycles. The highest BCUT2D eigenvalue weighted by Crippen LogP contribution is 2.18. The van der Waals surface area contributed by atoms with Crippen LogP contribution in [0.2, 0.25) is 0 Å². The van der Waals surface area contributed by atoms with Crippen LogP contribution in [-0.4, -0.2) is 73.4 Å². The van der Waals surface area contributed by atoms with Crippen LogP contribution in [0.1, 0.15) is 48.4 Å². The third kappa shape index (κ3) is 4.74. The fraction of sp³-hybridized carbons (Fsp3) is 0.304. The summed E-state index contributed by atoms with van der Waals surface area (Å²) >= 11 is 0. The van der Waals surface area contributed by atoms with Crippen LogP contribution in [0, 0.1) is 0 Å². The Balaban J connectivity index is 1.71. The molecule has 0 bridgehead atoms. The average Bonchev–Trinajstić information content (AvgIpc) is 2.82. The average molecular weight is 424 g/mol. The molecule has 2 aromatic carbocycles. The zero-order valence-corrected chi connectivity index (χ0v) is 17.7. The Morgan fingerprint density at radius 1 is 0.774 bits per heavy atom. The van der Waals surface area contributed by atoms with E-state index < -0.39 is 11.9 Å². The van der Waals surface area contributed by atoms with Gasteiger partial charge in [0, 0.05) is 36.8 Å². The highest BCUT2D eigenvalue weighted by Gasteiger charge is 2.31. The van der Waals surface area contributed by atoms with Crippen LogP contribution in [0.3, 0.4) is 0 Å². The molecule has 0 spiro atoms. The van der Waals surface area contributed by atoms with Crippen molar-refractivity contribution in [3.63, 3.8) is 0 Å². The molecule has 1 heterocycles. The first-order valence-corrected chi connectivity index (χ1v) is 9.82. The van der Waals surface area contributed by atoms with Crippen molar-refractivity contribution in [3.8, 4) is 0 Å². The third-order valence-corrected chi connectivity index (χ3v) is 5.24. The number of nitrogens with zero attached hydrogens (tertiary/aromatic N) is 2. The summed E-state index contributed by atoms with van der Waals surface area (Å²) < 4.78 is 9.42. The fourth-order valence-corrected chi connectivity index (χ4v) is 3.59. The second-order valence-electron chi connectivity index (χ2n) is 7.24. The van der Waals surface area contributed by atoms with E-state index in [9.17, 15) is 19.2 Å². The molecule has 31 heavy (non-hydrogen) atoms. The van der Waals surface area contributed by atoms with Gasteiger partial charge in [-0.3, -0.25) is 9.59 Å². The number of rotatable bonds is 4. The maximum absolute atomic E-state index is 13.0. The van der Waals surface area contributed by atoms with Crippen LogP contribution < -0.4 is 0 Å². The first-order chi connectivity index (χ1) is 14.8. The van der Waals surface area contributed by atoms with Gasteiger partial charge in [-0.25, -0.2) is 9.59 Å². The number of hydrogen-bond acceptors (Lipinski definition) is 6. The van der Waals surface area contributed by atoms with Gasteiger partial charge in [0.25, 0.3) is 11.8 Å². The summed E-state index contributed by atoms with van der Waals surface area (Å²) in [5.74, 6) is -1.43. The number of methoxy groups -OCH3 is 2. The van der Waals surface area contributed by atoms with Crippen molar-refractivity contribution in [3.05, 3.63) is 70.8 Å². The van der Waals surface area contributed by atoms with Crippen molar-refractivity contribution in [2.45, 2.75) is 13.0 Å². The highest BCUT2D eigenvalue weighted by atomic mass is 16.5. The normalized spacial score (nSPS) is 15.9. The predicted octanol–water partition coefficient (Wildman–Crippen LogP) is 2.25. The monoisotopic (exact) mass is 424 g/mol. The smallest absolute Gasteiger partial charge is 0.337 e. The van der Waals surface area contributed by atoms with E-state index in [1.54, 1.807) is 46.2 Å². The maximum atomic E-state index is 13.0. The van der Waals surface area contributed by atoms with E-state index in [0.717, 1.165) is 0 Å². The Hall–Kier alpha value is -3.68. The van der Waals surface area contributed by atoms with Gasteiger partial charge in [-0.05, 0) is 43.3 Å². The third-order valence-electron chi connectivity index (χ3n) is 5.24.